The highest BCUT2D eigenvalue weighted by Crippen LogP contribution is 2.09. The highest BCUT2D eigenvalue weighted by molar-refractivity contribution is 14.0. The highest BCUT2D eigenvalue weighted by atomic mass is 127. The van der Waals surface area contributed by atoms with Gasteiger partial charge in [0.05, 0.1) is 6.26 Å². The topological polar surface area (TPSA) is 90.2 Å². The maximum atomic E-state index is 12.3. The van der Waals surface area contributed by atoms with E-state index < -0.39 is 0 Å². The molecule has 3 rings (SSSR count). The lowest BCUT2D eigenvalue weighted by Gasteiger charge is -2.36. The van der Waals surface area contributed by atoms with Crippen LogP contribution >= 0.6 is 24.0 Å². The number of amides is 2. The number of rotatable bonds is 6. The summed E-state index contributed by atoms with van der Waals surface area (Å²) in [6, 6.07) is 13.2. The predicted molar refractivity (Wildman–Crippen MR) is 126 cm³/mol. The lowest BCUT2D eigenvalue weighted by molar-refractivity contribution is -0.121. The Morgan fingerprint density at radius 1 is 1.00 bits per heavy atom. The van der Waals surface area contributed by atoms with Gasteiger partial charge in [-0.05, 0) is 17.7 Å². The summed E-state index contributed by atoms with van der Waals surface area (Å²) in [7, 11) is 1.72. The first-order valence-electron chi connectivity index (χ1n) is 9.76. The maximum absolute atomic E-state index is 12.3. The third kappa shape index (κ3) is 6.75. The largest absolute Gasteiger partial charge is 0.459 e. The molecule has 0 atom stereocenters. The van der Waals surface area contributed by atoms with Gasteiger partial charge in [0.15, 0.2) is 11.7 Å². The van der Waals surface area contributed by atoms with Crippen LogP contribution in [-0.4, -0.2) is 67.3 Å². The molecule has 0 radical (unpaired) electrons. The minimum atomic E-state index is -0.0901. The summed E-state index contributed by atoms with van der Waals surface area (Å²) in [6.07, 6.45) is 1.87. The molecule has 2 N–H and O–H groups in total. The number of carbonyl (C=O) groups excluding carboxylic acids is 2. The van der Waals surface area contributed by atoms with Gasteiger partial charge in [0.1, 0.15) is 0 Å². The summed E-state index contributed by atoms with van der Waals surface area (Å²) in [5.41, 5.74) is 1.08. The maximum Gasteiger partial charge on any atom is 0.289 e. The Bertz CT molecular complexity index is 818. The van der Waals surface area contributed by atoms with Crippen molar-refractivity contribution in [1.82, 2.24) is 20.4 Å². The standard InChI is InChI=1S/C21H27N5O3.HI/c1-22-21(23-10-9-19(27)24-16-17-6-3-2-4-7-17)26-13-11-25(12-14-26)20(28)18-8-5-15-29-18;/h2-8,15H,9-14,16H2,1H3,(H,22,23)(H,24,27);1H. The zero-order valence-corrected chi connectivity index (χ0v) is 19.4. The summed E-state index contributed by atoms with van der Waals surface area (Å²) < 4.78 is 5.19. The van der Waals surface area contributed by atoms with Crippen molar-refractivity contribution in [3.63, 3.8) is 0 Å². The molecule has 162 valence electrons. The molecule has 0 spiro atoms. The van der Waals surface area contributed by atoms with Crippen LogP contribution in [0.4, 0.5) is 0 Å². The molecule has 2 amide bonds. The first kappa shape index (κ1) is 23.7. The van der Waals surface area contributed by atoms with E-state index in [1.165, 1.54) is 6.26 Å². The zero-order valence-electron chi connectivity index (χ0n) is 17.0. The average molecular weight is 525 g/mol. The van der Waals surface area contributed by atoms with Crippen molar-refractivity contribution in [2.24, 2.45) is 4.99 Å². The molecule has 2 aromatic rings. The van der Waals surface area contributed by atoms with E-state index in [0.717, 1.165) is 11.5 Å². The van der Waals surface area contributed by atoms with E-state index in [4.69, 9.17) is 4.42 Å². The summed E-state index contributed by atoms with van der Waals surface area (Å²) in [5, 5.41) is 6.15. The molecule has 0 aliphatic carbocycles. The highest BCUT2D eigenvalue weighted by Gasteiger charge is 2.25. The van der Waals surface area contributed by atoms with Gasteiger partial charge in [0, 0.05) is 52.7 Å². The number of nitrogens with zero attached hydrogens (tertiary/aromatic N) is 3. The molecule has 1 aromatic heterocycles. The fourth-order valence-corrected chi connectivity index (χ4v) is 3.18. The van der Waals surface area contributed by atoms with Crippen LogP contribution in [0.25, 0.3) is 0 Å². The minimum Gasteiger partial charge on any atom is -0.459 e. The molecule has 1 aliphatic rings. The number of halogens is 1. The van der Waals surface area contributed by atoms with Crippen LogP contribution in [0.15, 0.2) is 58.1 Å². The van der Waals surface area contributed by atoms with E-state index >= 15 is 0 Å². The SMILES string of the molecule is CN=C(NCCC(=O)NCc1ccccc1)N1CCN(C(=O)c2ccco2)CC1.I. The van der Waals surface area contributed by atoms with E-state index in [9.17, 15) is 9.59 Å². The van der Waals surface area contributed by atoms with Gasteiger partial charge in [0.2, 0.25) is 5.91 Å². The second kappa shape index (κ2) is 12.2. The van der Waals surface area contributed by atoms with Crippen molar-refractivity contribution in [3.05, 3.63) is 60.1 Å². The van der Waals surface area contributed by atoms with Crippen LogP contribution in [0.2, 0.25) is 0 Å². The molecule has 0 unspecified atom stereocenters. The first-order chi connectivity index (χ1) is 14.2. The van der Waals surface area contributed by atoms with E-state index in [1.54, 1.807) is 24.1 Å². The number of piperazine rings is 1. The molecule has 8 nitrogen and oxygen atoms in total. The van der Waals surface area contributed by atoms with Gasteiger partial charge in [-0.25, -0.2) is 0 Å². The van der Waals surface area contributed by atoms with Crippen molar-refractivity contribution in [1.29, 1.82) is 0 Å². The molecule has 2 heterocycles. The molecule has 0 bridgehead atoms. The normalized spacial score (nSPS) is 14.1. The van der Waals surface area contributed by atoms with E-state index in [0.29, 0.717) is 51.4 Å². The summed E-state index contributed by atoms with van der Waals surface area (Å²) in [6.45, 7) is 3.56. The van der Waals surface area contributed by atoms with Crippen LogP contribution in [0.5, 0.6) is 0 Å². The number of hydrogen-bond donors (Lipinski definition) is 2. The number of guanidine groups is 1. The summed E-state index contributed by atoms with van der Waals surface area (Å²) >= 11 is 0. The molecule has 1 aliphatic heterocycles. The number of benzene rings is 1. The van der Waals surface area contributed by atoms with E-state index in [2.05, 4.69) is 20.5 Å². The molecular weight excluding hydrogens is 497 g/mol. The van der Waals surface area contributed by atoms with Crippen molar-refractivity contribution in [2.45, 2.75) is 13.0 Å². The summed E-state index contributed by atoms with van der Waals surface area (Å²) in [5.74, 6) is 1.01. The van der Waals surface area contributed by atoms with Gasteiger partial charge < -0.3 is 24.9 Å². The Balaban J connectivity index is 0.00000320. The van der Waals surface area contributed by atoms with Crippen LogP contribution in [0, 0.1) is 0 Å². The minimum absolute atomic E-state index is 0. The Hall–Kier alpha value is -2.56. The molecular formula is C21H28IN5O3. The lowest BCUT2D eigenvalue weighted by atomic mass is 10.2. The quantitative estimate of drug-likeness (QED) is 0.342. The second-order valence-electron chi connectivity index (χ2n) is 6.74. The third-order valence-corrected chi connectivity index (χ3v) is 4.78. The van der Waals surface area contributed by atoms with Crippen LogP contribution < -0.4 is 10.6 Å². The van der Waals surface area contributed by atoms with Gasteiger partial charge in [-0.2, -0.15) is 0 Å². The first-order valence-corrected chi connectivity index (χ1v) is 9.76. The van der Waals surface area contributed by atoms with Crippen molar-refractivity contribution < 1.29 is 14.0 Å². The molecule has 30 heavy (non-hydrogen) atoms. The van der Waals surface area contributed by atoms with Crippen molar-refractivity contribution in [2.75, 3.05) is 39.8 Å². The van der Waals surface area contributed by atoms with Crippen molar-refractivity contribution >= 4 is 41.8 Å². The summed E-state index contributed by atoms with van der Waals surface area (Å²) in [4.78, 5) is 32.5. The van der Waals surface area contributed by atoms with Gasteiger partial charge in [-0.3, -0.25) is 14.6 Å². The Kier molecular flexibility index (Phi) is 9.65. The molecule has 0 saturated carbocycles. The molecule has 1 saturated heterocycles. The monoisotopic (exact) mass is 525 g/mol. The lowest BCUT2D eigenvalue weighted by Crippen LogP contribution is -2.54. The number of carbonyl (C=O) groups is 2. The number of nitrogens with one attached hydrogen (secondary N) is 2. The van der Waals surface area contributed by atoms with Crippen LogP contribution in [-0.2, 0) is 11.3 Å². The Morgan fingerprint density at radius 3 is 2.33 bits per heavy atom. The molecule has 1 fully saturated rings. The average Bonchev–Trinajstić information content (AvgIpc) is 3.31. The van der Waals surface area contributed by atoms with E-state index in [1.807, 2.05) is 30.3 Å². The molecule has 9 heteroatoms. The predicted octanol–water partition coefficient (Wildman–Crippen LogP) is 1.94. The Labute approximate surface area is 193 Å². The zero-order chi connectivity index (χ0) is 20.5. The van der Waals surface area contributed by atoms with Gasteiger partial charge in [-0.15, -0.1) is 24.0 Å². The van der Waals surface area contributed by atoms with Gasteiger partial charge in [-0.1, -0.05) is 30.3 Å². The fourth-order valence-electron chi connectivity index (χ4n) is 3.18. The number of hydrogen-bond acceptors (Lipinski definition) is 4. The number of furan rings is 1. The van der Waals surface area contributed by atoms with Crippen LogP contribution in [0.1, 0.15) is 22.5 Å². The molecule has 1 aromatic carbocycles. The van der Waals surface area contributed by atoms with Gasteiger partial charge in [0.25, 0.3) is 5.91 Å². The smallest absolute Gasteiger partial charge is 0.289 e. The number of aliphatic imine (C=N–C) groups is 1. The van der Waals surface area contributed by atoms with Gasteiger partial charge >= 0.3 is 0 Å². The third-order valence-electron chi connectivity index (χ3n) is 4.78. The fraction of sp³-hybridized carbons (Fsp3) is 0.381. The Morgan fingerprint density at radius 2 is 1.70 bits per heavy atom. The van der Waals surface area contributed by atoms with Crippen LogP contribution in [0.3, 0.4) is 0 Å². The van der Waals surface area contributed by atoms with E-state index in [-0.39, 0.29) is 35.8 Å². The van der Waals surface area contributed by atoms with Crippen molar-refractivity contribution in [3.8, 4) is 0 Å². The second-order valence-corrected chi connectivity index (χ2v) is 6.74.